The fourth-order valence-electron chi connectivity index (χ4n) is 5.38. The normalized spacial score (nSPS) is 16.5. The van der Waals surface area contributed by atoms with Gasteiger partial charge in [0, 0.05) is 0 Å². The third-order valence-electron chi connectivity index (χ3n) is 8.35. The van der Waals surface area contributed by atoms with Gasteiger partial charge in [-0.15, -0.1) is 0 Å². The molecule has 44 heavy (non-hydrogen) atoms. The minimum atomic E-state index is -1.34. The predicted molar refractivity (Wildman–Crippen MR) is 173 cm³/mol. The van der Waals surface area contributed by atoms with E-state index in [0.29, 0.717) is 11.3 Å². The van der Waals surface area contributed by atoms with Crippen molar-refractivity contribution < 1.29 is 34.1 Å². The van der Waals surface area contributed by atoms with Gasteiger partial charge in [0.05, 0.1) is 16.7 Å². The Labute approximate surface area is 261 Å². The number of ether oxygens (including phenoxy) is 2. The highest BCUT2D eigenvalue weighted by atomic mass is 16.5. The van der Waals surface area contributed by atoms with Gasteiger partial charge in [-0.1, -0.05) is 34.9 Å². The first kappa shape index (κ1) is 34.4. The van der Waals surface area contributed by atoms with E-state index in [9.17, 15) is 24.6 Å². The van der Waals surface area contributed by atoms with Crippen LogP contribution < -0.4 is 9.47 Å². The second-order valence-electron chi connectivity index (χ2n) is 12.4. The van der Waals surface area contributed by atoms with Gasteiger partial charge in [-0.3, -0.25) is 0 Å². The molecule has 0 aliphatic carbocycles. The fourth-order valence-corrected chi connectivity index (χ4v) is 5.38. The van der Waals surface area contributed by atoms with E-state index in [-0.39, 0.29) is 22.3 Å². The number of esters is 1. The summed E-state index contributed by atoms with van der Waals surface area (Å²) in [5.74, 6) is -2.44. The van der Waals surface area contributed by atoms with Gasteiger partial charge in [0.25, 0.3) is 0 Å². The number of fused-ring (bicyclic) bond motifs is 1. The number of carbonyl (C=O) groups is 3. The molecule has 0 unspecified atom stereocenters. The molecule has 2 aromatic carbocycles. The van der Waals surface area contributed by atoms with Crippen molar-refractivity contribution in [2.45, 2.75) is 105 Å². The van der Waals surface area contributed by atoms with E-state index >= 15 is 0 Å². The largest absolute Gasteiger partial charge is 0.487 e. The van der Waals surface area contributed by atoms with Crippen LogP contribution in [0.3, 0.4) is 0 Å². The maximum Gasteiger partial charge on any atom is 0.344 e. The Morgan fingerprint density at radius 2 is 1.50 bits per heavy atom. The Kier molecular flexibility index (Phi) is 11.7. The second-order valence-corrected chi connectivity index (χ2v) is 12.4. The topological polar surface area (TPSA) is 110 Å². The monoisotopic (exact) mass is 602 g/mol. The third-order valence-corrected chi connectivity index (χ3v) is 8.35. The van der Waals surface area contributed by atoms with Crippen LogP contribution in [0.4, 0.5) is 0 Å². The Balaban J connectivity index is 1.66. The molecule has 2 aromatic rings. The van der Waals surface area contributed by atoms with E-state index in [1.165, 1.54) is 16.7 Å². The molecule has 3 rings (SSSR count). The standard InChI is InChI=1S/C37H46O7/c1-23(2)11-8-12-24(3)13-9-14-25(4)15-10-19-37(7)20-18-28-22-32(26(5)27(6)33(28)44-37)43-36(42)31-21-29(34(38)39)16-17-30(31)35(40)41/h11,13,15-17,21-22H,8-10,12,14,18-20H2,1-7H3,(H,38,39)(H,40,41)/b24-13+,25-15+/t37-/m1/s1. The lowest BCUT2D eigenvalue weighted by atomic mass is 9.86. The first-order valence-electron chi connectivity index (χ1n) is 15.3. The van der Waals surface area contributed by atoms with Crippen molar-refractivity contribution in [1.82, 2.24) is 0 Å². The summed E-state index contributed by atoms with van der Waals surface area (Å²) >= 11 is 0. The van der Waals surface area contributed by atoms with Crippen LogP contribution in [0.5, 0.6) is 11.5 Å². The van der Waals surface area contributed by atoms with Gasteiger partial charge < -0.3 is 19.7 Å². The summed E-state index contributed by atoms with van der Waals surface area (Å²) in [5, 5.41) is 18.8. The van der Waals surface area contributed by atoms with Crippen molar-refractivity contribution >= 4 is 17.9 Å². The second kappa shape index (κ2) is 15.0. The minimum Gasteiger partial charge on any atom is -0.487 e. The zero-order valence-corrected chi connectivity index (χ0v) is 27.1. The Hall–Kier alpha value is -4.13. The number of aryl methyl sites for hydroxylation is 1. The predicted octanol–water partition coefficient (Wildman–Crippen LogP) is 9.20. The molecular weight excluding hydrogens is 556 g/mol. The number of carboxylic acid groups (broad SMARTS) is 2. The Bertz CT molecular complexity index is 1500. The van der Waals surface area contributed by atoms with Crippen molar-refractivity contribution in [2.24, 2.45) is 0 Å². The van der Waals surface area contributed by atoms with E-state index in [2.05, 4.69) is 52.8 Å². The zero-order chi connectivity index (χ0) is 32.6. The lowest BCUT2D eigenvalue weighted by molar-refractivity contribution is 0.0556. The highest BCUT2D eigenvalue weighted by Gasteiger charge is 2.33. The fraction of sp³-hybridized carbons (Fsp3) is 0.432. The van der Waals surface area contributed by atoms with Crippen LogP contribution in [0, 0.1) is 13.8 Å². The van der Waals surface area contributed by atoms with Crippen molar-refractivity contribution in [3.8, 4) is 11.5 Å². The summed E-state index contributed by atoms with van der Waals surface area (Å²) in [4.78, 5) is 36.2. The maximum absolute atomic E-state index is 13.1. The van der Waals surface area contributed by atoms with Crippen molar-refractivity contribution in [1.29, 1.82) is 0 Å². The minimum absolute atomic E-state index is 0.198. The molecule has 7 nitrogen and oxygen atoms in total. The van der Waals surface area contributed by atoms with Crippen LogP contribution in [-0.4, -0.2) is 33.7 Å². The van der Waals surface area contributed by atoms with E-state index in [0.717, 1.165) is 86.4 Å². The van der Waals surface area contributed by atoms with Crippen molar-refractivity contribution in [3.63, 3.8) is 0 Å². The van der Waals surface area contributed by atoms with E-state index in [1.807, 2.05) is 13.8 Å². The van der Waals surface area contributed by atoms with E-state index in [4.69, 9.17) is 9.47 Å². The summed E-state index contributed by atoms with van der Waals surface area (Å²) in [6, 6.07) is 5.06. The van der Waals surface area contributed by atoms with Crippen LogP contribution in [0.15, 0.2) is 59.2 Å². The molecule has 0 radical (unpaired) electrons. The number of rotatable bonds is 13. The molecule has 0 fully saturated rings. The molecule has 1 aliphatic rings. The summed E-state index contributed by atoms with van der Waals surface area (Å²) in [6.07, 6.45) is 14.6. The molecule has 1 aliphatic heterocycles. The number of allylic oxidation sites excluding steroid dienone is 6. The van der Waals surface area contributed by atoms with Gasteiger partial charge in [0.15, 0.2) is 0 Å². The van der Waals surface area contributed by atoms with Crippen LogP contribution in [0.25, 0.3) is 0 Å². The molecule has 2 N–H and O–H groups in total. The van der Waals surface area contributed by atoms with E-state index < -0.39 is 17.9 Å². The first-order valence-corrected chi connectivity index (χ1v) is 15.3. The number of aromatic carboxylic acids is 2. The lowest BCUT2D eigenvalue weighted by Crippen LogP contribution is -2.36. The summed E-state index contributed by atoms with van der Waals surface area (Å²) in [7, 11) is 0. The number of carbonyl (C=O) groups excluding carboxylic acids is 1. The molecule has 0 bridgehead atoms. The highest BCUT2D eigenvalue weighted by molar-refractivity contribution is 6.05. The first-order chi connectivity index (χ1) is 20.7. The van der Waals surface area contributed by atoms with Crippen LogP contribution in [0.2, 0.25) is 0 Å². The number of carboxylic acids is 2. The van der Waals surface area contributed by atoms with Gasteiger partial charge in [-0.25, -0.2) is 14.4 Å². The van der Waals surface area contributed by atoms with Crippen molar-refractivity contribution in [3.05, 3.63) is 92.6 Å². The molecule has 1 heterocycles. The van der Waals surface area contributed by atoms with Crippen LogP contribution in [-0.2, 0) is 6.42 Å². The Morgan fingerprint density at radius 3 is 2.11 bits per heavy atom. The average Bonchev–Trinajstić information content (AvgIpc) is 2.95. The zero-order valence-electron chi connectivity index (χ0n) is 27.1. The van der Waals surface area contributed by atoms with Crippen molar-refractivity contribution in [2.75, 3.05) is 0 Å². The van der Waals surface area contributed by atoms with E-state index in [1.54, 1.807) is 6.07 Å². The molecule has 7 heteroatoms. The molecule has 1 atom stereocenters. The summed E-state index contributed by atoms with van der Waals surface area (Å²) < 4.78 is 12.2. The molecular formula is C37H46O7. The van der Waals surface area contributed by atoms with Gasteiger partial charge in [0.2, 0.25) is 0 Å². The van der Waals surface area contributed by atoms with Gasteiger partial charge in [0.1, 0.15) is 17.1 Å². The maximum atomic E-state index is 13.1. The highest BCUT2D eigenvalue weighted by Crippen LogP contribution is 2.42. The van der Waals surface area contributed by atoms with Gasteiger partial charge >= 0.3 is 17.9 Å². The van der Waals surface area contributed by atoms with Gasteiger partial charge in [-0.05, 0) is 141 Å². The lowest BCUT2D eigenvalue weighted by Gasteiger charge is -2.37. The van der Waals surface area contributed by atoms with Crippen LogP contribution >= 0.6 is 0 Å². The number of hydrogen-bond donors (Lipinski definition) is 2. The van der Waals surface area contributed by atoms with Crippen LogP contribution in [0.1, 0.15) is 127 Å². The SMILES string of the molecule is CC(C)=CCC/C(C)=C/CC/C(C)=C/CC[C@]1(C)CCc2cc(OC(=O)c3cc(C(=O)O)ccc3C(=O)O)c(C)c(C)c2O1. The number of hydrogen-bond acceptors (Lipinski definition) is 5. The molecule has 0 saturated carbocycles. The molecule has 0 amide bonds. The average molecular weight is 603 g/mol. The smallest absolute Gasteiger partial charge is 0.344 e. The molecule has 0 saturated heterocycles. The summed E-state index contributed by atoms with van der Waals surface area (Å²) in [6.45, 7) is 14.6. The number of benzene rings is 2. The third kappa shape index (κ3) is 9.18. The molecule has 236 valence electrons. The van der Waals surface area contributed by atoms with Gasteiger partial charge in [-0.2, -0.15) is 0 Å². The molecule has 0 aromatic heterocycles. The quantitative estimate of drug-likeness (QED) is 0.134. The summed E-state index contributed by atoms with van der Waals surface area (Å²) in [5.41, 5.74) is 5.51. The Morgan fingerprint density at radius 1 is 0.864 bits per heavy atom. The molecule has 0 spiro atoms.